The molecule has 0 bridgehead atoms. The van der Waals surface area contributed by atoms with Gasteiger partial charge in [-0.15, -0.1) is 0 Å². The Morgan fingerprint density at radius 1 is 1.57 bits per heavy atom. The van der Waals surface area contributed by atoms with Crippen LogP contribution in [0.25, 0.3) is 0 Å². The van der Waals surface area contributed by atoms with Crippen molar-refractivity contribution in [2.75, 3.05) is 19.7 Å². The highest BCUT2D eigenvalue weighted by molar-refractivity contribution is 6.31. The number of nitrogens with zero attached hydrogens (tertiary/aromatic N) is 1. The summed E-state index contributed by atoms with van der Waals surface area (Å²) in [7, 11) is 0. The molecular weight excluding hydrogens is 290 g/mol. The van der Waals surface area contributed by atoms with E-state index in [4.69, 9.17) is 16.3 Å². The lowest BCUT2D eigenvalue weighted by atomic mass is 9.93. The van der Waals surface area contributed by atoms with E-state index < -0.39 is 0 Å². The molecule has 1 fully saturated rings. The van der Waals surface area contributed by atoms with Gasteiger partial charge < -0.3 is 14.7 Å². The van der Waals surface area contributed by atoms with Gasteiger partial charge in [0, 0.05) is 24.0 Å². The van der Waals surface area contributed by atoms with Gasteiger partial charge in [-0.2, -0.15) is 0 Å². The standard InChI is InChI=1S/C16H22ClNO3/c1-11-8-14(5-6-15(11)17)21-10-16(20)18-7-3-4-13(9-18)12(2)19/h5-6,8,12-13,19H,3-4,7,9-10H2,1-2H3. The SMILES string of the molecule is Cc1cc(OCC(=O)N2CCCC(C(C)O)C2)ccc1Cl. The molecule has 5 heteroatoms. The Kier molecular flexibility index (Phi) is 5.48. The Morgan fingerprint density at radius 2 is 2.33 bits per heavy atom. The van der Waals surface area contributed by atoms with E-state index >= 15 is 0 Å². The van der Waals surface area contributed by atoms with Gasteiger partial charge in [0.25, 0.3) is 5.91 Å². The third kappa shape index (κ3) is 4.35. The van der Waals surface area contributed by atoms with Gasteiger partial charge in [-0.1, -0.05) is 11.6 Å². The summed E-state index contributed by atoms with van der Waals surface area (Å²) in [6.07, 6.45) is 1.53. The van der Waals surface area contributed by atoms with Gasteiger partial charge >= 0.3 is 0 Å². The van der Waals surface area contributed by atoms with E-state index in [1.165, 1.54) is 0 Å². The van der Waals surface area contributed by atoms with Crippen LogP contribution in [0.2, 0.25) is 5.02 Å². The highest BCUT2D eigenvalue weighted by Crippen LogP contribution is 2.22. The van der Waals surface area contributed by atoms with Crippen molar-refractivity contribution < 1.29 is 14.6 Å². The number of amides is 1. The molecule has 1 saturated heterocycles. The summed E-state index contributed by atoms with van der Waals surface area (Å²) < 4.78 is 5.54. The second-order valence-corrected chi connectivity index (χ2v) is 6.09. The first-order valence-corrected chi connectivity index (χ1v) is 7.70. The van der Waals surface area contributed by atoms with Crippen molar-refractivity contribution in [3.05, 3.63) is 28.8 Å². The molecule has 2 rings (SSSR count). The summed E-state index contributed by atoms with van der Waals surface area (Å²) in [5, 5.41) is 10.3. The number of piperidine rings is 1. The Balaban J connectivity index is 1.87. The maximum atomic E-state index is 12.2. The van der Waals surface area contributed by atoms with Crippen LogP contribution < -0.4 is 4.74 Å². The summed E-state index contributed by atoms with van der Waals surface area (Å²) >= 11 is 5.96. The number of halogens is 1. The number of aliphatic hydroxyl groups is 1. The number of hydrogen-bond donors (Lipinski definition) is 1. The zero-order valence-electron chi connectivity index (χ0n) is 12.5. The third-order valence-electron chi connectivity index (χ3n) is 3.98. The molecule has 116 valence electrons. The highest BCUT2D eigenvalue weighted by atomic mass is 35.5. The second-order valence-electron chi connectivity index (χ2n) is 5.68. The molecule has 1 aromatic carbocycles. The largest absolute Gasteiger partial charge is 0.484 e. The monoisotopic (exact) mass is 311 g/mol. The average molecular weight is 312 g/mol. The molecule has 0 radical (unpaired) electrons. The van der Waals surface area contributed by atoms with Gasteiger partial charge in [0.05, 0.1) is 6.10 Å². The van der Waals surface area contributed by atoms with Crippen LogP contribution in [0.5, 0.6) is 5.75 Å². The summed E-state index contributed by atoms with van der Waals surface area (Å²) in [5.74, 6) is 0.780. The molecule has 1 aliphatic heterocycles. The van der Waals surface area contributed by atoms with Gasteiger partial charge in [-0.25, -0.2) is 0 Å². The van der Waals surface area contributed by atoms with Gasteiger partial charge in [-0.05, 0) is 50.5 Å². The molecule has 2 atom stereocenters. The van der Waals surface area contributed by atoms with Crippen molar-refractivity contribution in [3.63, 3.8) is 0 Å². The molecule has 1 aromatic rings. The van der Waals surface area contributed by atoms with Gasteiger partial charge in [0.1, 0.15) is 5.75 Å². The Morgan fingerprint density at radius 3 is 3.00 bits per heavy atom. The normalized spacial score (nSPS) is 20.2. The lowest BCUT2D eigenvalue weighted by Gasteiger charge is -2.34. The highest BCUT2D eigenvalue weighted by Gasteiger charge is 2.26. The molecule has 0 spiro atoms. The number of aliphatic hydroxyl groups excluding tert-OH is 1. The summed E-state index contributed by atoms with van der Waals surface area (Å²) in [5.41, 5.74) is 0.925. The minimum absolute atomic E-state index is 0.0214. The maximum absolute atomic E-state index is 12.2. The number of hydrogen-bond acceptors (Lipinski definition) is 3. The minimum atomic E-state index is -0.375. The van der Waals surface area contributed by atoms with E-state index in [1.54, 1.807) is 24.0 Å². The maximum Gasteiger partial charge on any atom is 0.260 e. The third-order valence-corrected chi connectivity index (χ3v) is 4.41. The zero-order chi connectivity index (χ0) is 15.4. The van der Waals surface area contributed by atoms with Crippen molar-refractivity contribution in [3.8, 4) is 5.75 Å². The Hall–Kier alpha value is -1.26. The van der Waals surface area contributed by atoms with Gasteiger partial charge in [0.15, 0.2) is 6.61 Å². The van der Waals surface area contributed by atoms with Crippen molar-refractivity contribution in [1.29, 1.82) is 0 Å². The molecule has 0 aromatic heterocycles. The van der Waals surface area contributed by atoms with Crippen LogP contribution in [-0.2, 0) is 4.79 Å². The topological polar surface area (TPSA) is 49.8 Å². The Bertz CT molecular complexity index is 504. The van der Waals surface area contributed by atoms with Crippen molar-refractivity contribution in [2.45, 2.75) is 32.8 Å². The molecule has 1 aliphatic rings. The number of carbonyl (C=O) groups excluding carboxylic acids is 1. The lowest BCUT2D eigenvalue weighted by molar-refractivity contribution is -0.136. The van der Waals surface area contributed by atoms with E-state index in [1.807, 2.05) is 13.0 Å². The van der Waals surface area contributed by atoms with E-state index in [0.717, 1.165) is 24.9 Å². The van der Waals surface area contributed by atoms with Crippen LogP contribution in [-0.4, -0.2) is 41.7 Å². The first-order chi connectivity index (χ1) is 9.97. The average Bonchev–Trinajstić information content (AvgIpc) is 2.48. The number of aryl methyl sites for hydroxylation is 1. The fourth-order valence-corrected chi connectivity index (χ4v) is 2.69. The van der Waals surface area contributed by atoms with Crippen LogP contribution in [0.4, 0.5) is 0 Å². The van der Waals surface area contributed by atoms with Crippen LogP contribution in [0.3, 0.4) is 0 Å². The van der Waals surface area contributed by atoms with E-state index in [0.29, 0.717) is 17.3 Å². The van der Waals surface area contributed by atoms with Crippen LogP contribution >= 0.6 is 11.6 Å². The van der Waals surface area contributed by atoms with E-state index in [-0.39, 0.29) is 24.5 Å². The Labute approximate surface area is 130 Å². The number of rotatable bonds is 4. The van der Waals surface area contributed by atoms with Crippen molar-refractivity contribution >= 4 is 17.5 Å². The fourth-order valence-electron chi connectivity index (χ4n) is 2.57. The molecule has 4 nitrogen and oxygen atoms in total. The predicted molar refractivity (Wildman–Crippen MR) is 82.7 cm³/mol. The lowest BCUT2D eigenvalue weighted by Crippen LogP contribution is -2.44. The molecule has 0 saturated carbocycles. The van der Waals surface area contributed by atoms with Crippen LogP contribution in [0.1, 0.15) is 25.3 Å². The van der Waals surface area contributed by atoms with Crippen molar-refractivity contribution in [1.82, 2.24) is 4.90 Å². The molecule has 21 heavy (non-hydrogen) atoms. The predicted octanol–water partition coefficient (Wildman–Crippen LogP) is 2.65. The first-order valence-electron chi connectivity index (χ1n) is 7.32. The molecule has 1 N–H and O–H groups in total. The summed E-state index contributed by atoms with van der Waals surface area (Å²) in [4.78, 5) is 14.0. The first kappa shape index (κ1) is 16.1. The number of likely N-dealkylation sites (tertiary alicyclic amines) is 1. The number of carbonyl (C=O) groups is 1. The van der Waals surface area contributed by atoms with Crippen molar-refractivity contribution in [2.24, 2.45) is 5.92 Å². The summed E-state index contributed by atoms with van der Waals surface area (Å²) in [6, 6.07) is 5.35. The van der Waals surface area contributed by atoms with Gasteiger partial charge in [0.2, 0.25) is 0 Å². The molecule has 2 unspecified atom stereocenters. The fraction of sp³-hybridized carbons (Fsp3) is 0.562. The molecular formula is C16H22ClNO3. The molecule has 0 aliphatic carbocycles. The van der Waals surface area contributed by atoms with Gasteiger partial charge in [-0.3, -0.25) is 4.79 Å². The molecule has 1 amide bonds. The number of ether oxygens (including phenoxy) is 1. The van der Waals surface area contributed by atoms with E-state index in [9.17, 15) is 9.90 Å². The van der Waals surface area contributed by atoms with Crippen LogP contribution in [0.15, 0.2) is 18.2 Å². The second kappa shape index (κ2) is 7.14. The minimum Gasteiger partial charge on any atom is -0.484 e. The number of benzene rings is 1. The van der Waals surface area contributed by atoms with Crippen LogP contribution in [0, 0.1) is 12.8 Å². The van der Waals surface area contributed by atoms with E-state index in [2.05, 4.69) is 0 Å². The zero-order valence-corrected chi connectivity index (χ0v) is 13.3. The summed E-state index contributed by atoms with van der Waals surface area (Å²) in [6.45, 7) is 5.05. The quantitative estimate of drug-likeness (QED) is 0.930. The smallest absolute Gasteiger partial charge is 0.260 e. The molecule has 1 heterocycles.